The van der Waals surface area contributed by atoms with Gasteiger partial charge in [-0.3, -0.25) is 0 Å². The van der Waals surface area contributed by atoms with Crippen molar-refractivity contribution in [1.29, 1.82) is 5.26 Å². The van der Waals surface area contributed by atoms with Crippen LogP contribution in [-0.2, 0) is 10.0 Å². The molecule has 0 saturated carbocycles. The number of ether oxygens (including phenoxy) is 3. The third-order valence-corrected chi connectivity index (χ3v) is 7.83. The van der Waals surface area contributed by atoms with Crippen molar-refractivity contribution in [3.63, 3.8) is 0 Å². The molecule has 0 amide bonds. The fourth-order valence-corrected chi connectivity index (χ4v) is 5.60. The first-order valence-corrected chi connectivity index (χ1v) is 13.1. The highest BCUT2D eigenvalue weighted by atomic mass is 32.2. The van der Waals surface area contributed by atoms with Crippen LogP contribution in [0.2, 0.25) is 0 Å². The number of benzene rings is 4. The highest BCUT2D eigenvalue weighted by Crippen LogP contribution is 2.46. The quantitative estimate of drug-likeness (QED) is 0.366. The summed E-state index contributed by atoms with van der Waals surface area (Å²) in [7, 11) is -1.04. The van der Waals surface area contributed by atoms with E-state index >= 15 is 0 Å². The molecule has 0 bridgehead atoms. The number of fused-ring (bicyclic) bond motifs is 3. The van der Waals surface area contributed by atoms with Crippen LogP contribution >= 0.6 is 0 Å². The van der Waals surface area contributed by atoms with Gasteiger partial charge >= 0.3 is 0 Å². The van der Waals surface area contributed by atoms with Crippen molar-refractivity contribution in [2.45, 2.75) is 18.0 Å². The van der Waals surface area contributed by atoms with E-state index in [2.05, 4.69) is 10.8 Å². The first kappa shape index (κ1) is 25.1. The molecule has 1 unspecified atom stereocenters. The Labute approximate surface area is 220 Å². The Hall–Kier alpha value is -4.52. The number of hydrogen-bond donors (Lipinski definition) is 2. The van der Waals surface area contributed by atoms with E-state index in [9.17, 15) is 18.8 Å². The van der Waals surface area contributed by atoms with Crippen LogP contribution in [0.4, 0.5) is 0 Å². The van der Waals surface area contributed by atoms with E-state index in [4.69, 9.17) is 14.2 Å². The Morgan fingerprint density at radius 3 is 2.37 bits per heavy atom. The summed E-state index contributed by atoms with van der Waals surface area (Å²) in [5.41, 5.74) is 2.61. The lowest BCUT2D eigenvalue weighted by molar-refractivity contribution is 0.229. The van der Waals surface area contributed by atoms with Gasteiger partial charge in [0, 0.05) is 21.9 Å². The zero-order valence-electron chi connectivity index (χ0n) is 20.8. The number of aromatic hydroxyl groups is 1. The first-order chi connectivity index (χ1) is 18.3. The zero-order valence-corrected chi connectivity index (χ0v) is 21.7. The number of hydrogen-bond acceptors (Lipinski definition) is 7. The summed E-state index contributed by atoms with van der Waals surface area (Å²) in [6.45, 7) is 1.86. The molecule has 1 atom stereocenters. The summed E-state index contributed by atoms with van der Waals surface area (Å²) in [4.78, 5) is 0.0398. The van der Waals surface area contributed by atoms with Gasteiger partial charge in [0.15, 0.2) is 17.7 Å². The van der Waals surface area contributed by atoms with Crippen LogP contribution < -0.4 is 18.9 Å². The molecule has 8 nitrogen and oxygen atoms in total. The average Bonchev–Trinajstić information content (AvgIpc) is 2.92. The van der Waals surface area contributed by atoms with Gasteiger partial charge in [-0.05, 0) is 55.0 Å². The SMILES string of the molecule is COc1ccc(C2=C(C#N)C(NS(=O)(=O)c3ccc(C)cc3)Oc3c2ccc2c(O)cccc32)cc1OC. The largest absolute Gasteiger partial charge is 0.507 e. The number of rotatable bonds is 6. The van der Waals surface area contributed by atoms with Crippen molar-refractivity contribution in [1.82, 2.24) is 4.72 Å². The van der Waals surface area contributed by atoms with Crippen molar-refractivity contribution < 1.29 is 27.7 Å². The summed E-state index contributed by atoms with van der Waals surface area (Å²) in [5, 5.41) is 21.8. The molecule has 1 aliphatic rings. The van der Waals surface area contributed by atoms with E-state index in [1.165, 1.54) is 26.4 Å². The van der Waals surface area contributed by atoms with E-state index < -0.39 is 16.3 Å². The number of nitriles is 1. The number of phenols is 1. The maximum absolute atomic E-state index is 13.3. The van der Waals surface area contributed by atoms with Crippen molar-refractivity contribution in [2.75, 3.05) is 14.2 Å². The van der Waals surface area contributed by atoms with Gasteiger partial charge in [0.25, 0.3) is 0 Å². The van der Waals surface area contributed by atoms with Crippen LogP contribution in [0.15, 0.2) is 83.3 Å². The van der Waals surface area contributed by atoms with Gasteiger partial charge in [-0.25, -0.2) is 8.42 Å². The molecular formula is C29H24N2O6S. The molecule has 0 aromatic heterocycles. The molecule has 5 rings (SSSR count). The maximum Gasteiger partial charge on any atom is 0.243 e. The predicted octanol–water partition coefficient (Wildman–Crippen LogP) is 4.89. The number of phenolic OH excluding ortho intramolecular Hbond substituents is 1. The Balaban J connectivity index is 1.75. The summed E-state index contributed by atoms with van der Waals surface area (Å²) in [6, 6.07) is 22.2. The molecule has 4 aromatic carbocycles. The summed E-state index contributed by atoms with van der Waals surface area (Å²) >= 11 is 0. The predicted molar refractivity (Wildman–Crippen MR) is 143 cm³/mol. The molecule has 2 N–H and O–H groups in total. The maximum atomic E-state index is 13.3. The summed E-state index contributed by atoms with van der Waals surface area (Å²) in [6.07, 6.45) is -1.34. The zero-order chi connectivity index (χ0) is 27.0. The van der Waals surface area contributed by atoms with Gasteiger partial charge < -0.3 is 19.3 Å². The molecule has 1 heterocycles. The Bertz CT molecular complexity index is 1740. The van der Waals surface area contributed by atoms with Crippen LogP contribution in [0.5, 0.6) is 23.0 Å². The van der Waals surface area contributed by atoms with Crippen LogP contribution in [-0.4, -0.2) is 34.0 Å². The number of nitrogens with zero attached hydrogens (tertiary/aromatic N) is 1. The normalized spacial score (nSPS) is 14.9. The van der Waals surface area contributed by atoms with E-state index in [0.29, 0.717) is 44.7 Å². The molecule has 9 heteroatoms. The first-order valence-electron chi connectivity index (χ1n) is 11.6. The van der Waals surface area contributed by atoms with Crippen molar-refractivity contribution >= 4 is 26.4 Å². The smallest absolute Gasteiger partial charge is 0.243 e. The van der Waals surface area contributed by atoms with E-state index in [1.807, 2.05) is 6.92 Å². The van der Waals surface area contributed by atoms with Gasteiger partial charge in [-0.2, -0.15) is 9.98 Å². The topological polar surface area (TPSA) is 118 Å². The second kappa shape index (κ2) is 9.74. The van der Waals surface area contributed by atoms with Gasteiger partial charge in [-0.1, -0.05) is 35.9 Å². The molecule has 192 valence electrons. The molecule has 1 aliphatic heterocycles. The van der Waals surface area contributed by atoms with Gasteiger partial charge in [-0.15, -0.1) is 0 Å². The van der Waals surface area contributed by atoms with Crippen molar-refractivity contribution in [2.24, 2.45) is 0 Å². The summed E-state index contributed by atoms with van der Waals surface area (Å²) in [5.74, 6) is 1.33. The van der Waals surface area contributed by atoms with E-state index in [0.717, 1.165) is 5.56 Å². The van der Waals surface area contributed by atoms with E-state index in [1.54, 1.807) is 60.7 Å². The van der Waals surface area contributed by atoms with Gasteiger partial charge in [0.1, 0.15) is 17.6 Å². The minimum atomic E-state index is -4.07. The molecule has 38 heavy (non-hydrogen) atoms. The Morgan fingerprint density at radius 2 is 1.68 bits per heavy atom. The van der Waals surface area contributed by atoms with Crippen LogP contribution in [0.25, 0.3) is 16.3 Å². The highest BCUT2D eigenvalue weighted by molar-refractivity contribution is 7.89. The number of aryl methyl sites for hydroxylation is 1. The highest BCUT2D eigenvalue weighted by Gasteiger charge is 2.34. The fraction of sp³-hybridized carbons (Fsp3) is 0.138. The van der Waals surface area contributed by atoms with Crippen LogP contribution in [0.3, 0.4) is 0 Å². The summed E-state index contributed by atoms with van der Waals surface area (Å²) < 4.78 is 46.3. The molecule has 0 aliphatic carbocycles. The second-order valence-corrected chi connectivity index (χ2v) is 10.4. The molecule has 4 aromatic rings. The molecule has 0 radical (unpaired) electrons. The van der Waals surface area contributed by atoms with Crippen molar-refractivity contribution in [3.8, 4) is 29.1 Å². The Morgan fingerprint density at radius 1 is 0.947 bits per heavy atom. The van der Waals surface area contributed by atoms with Crippen LogP contribution in [0.1, 0.15) is 16.7 Å². The second-order valence-electron chi connectivity index (χ2n) is 8.72. The number of sulfonamides is 1. The van der Waals surface area contributed by atoms with Gasteiger partial charge in [0.05, 0.1) is 24.7 Å². The van der Waals surface area contributed by atoms with Gasteiger partial charge in [0.2, 0.25) is 10.0 Å². The Kier molecular flexibility index (Phi) is 6.45. The standard InChI is InChI=1S/C29H24N2O6S/c1-17-7-10-19(11-8-17)38(33,34)31-29-23(16-30)27(18-9-14-25(35-2)26(15-18)36-3)22-13-12-20-21(28(22)37-29)5-4-6-24(20)32/h4-15,29,31-32H,1-3H3. The molecule has 0 spiro atoms. The van der Waals surface area contributed by atoms with Crippen molar-refractivity contribution in [3.05, 3.63) is 95.1 Å². The van der Waals surface area contributed by atoms with Crippen LogP contribution in [0, 0.1) is 18.3 Å². The third-order valence-electron chi connectivity index (χ3n) is 6.41. The lowest BCUT2D eigenvalue weighted by atomic mass is 9.88. The van der Waals surface area contributed by atoms with E-state index in [-0.39, 0.29) is 16.2 Å². The lowest BCUT2D eigenvalue weighted by Crippen LogP contribution is -2.42. The lowest BCUT2D eigenvalue weighted by Gasteiger charge is -2.30. The monoisotopic (exact) mass is 528 g/mol. The minimum absolute atomic E-state index is 0.0398. The fourth-order valence-electron chi connectivity index (χ4n) is 4.52. The molecule has 0 fully saturated rings. The minimum Gasteiger partial charge on any atom is -0.507 e. The third kappa shape index (κ3) is 4.30. The molecular weight excluding hydrogens is 504 g/mol. The number of nitrogens with one attached hydrogen (secondary N) is 1. The number of methoxy groups -OCH3 is 2. The average molecular weight is 529 g/mol. The molecule has 0 saturated heterocycles.